The molecule has 0 bridgehead atoms. The van der Waals surface area contributed by atoms with Gasteiger partial charge in [-0.05, 0) is 17.7 Å². The molecule has 3 N–H and O–H groups in total. The van der Waals surface area contributed by atoms with Gasteiger partial charge in [-0.25, -0.2) is 0 Å². The molecule has 0 saturated carbocycles. The highest BCUT2D eigenvalue weighted by Crippen LogP contribution is 2.29. The van der Waals surface area contributed by atoms with Crippen molar-refractivity contribution in [3.63, 3.8) is 0 Å². The van der Waals surface area contributed by atoms with Crippen LogP contribution in [0.25, 0.3) is 0 Å². The molecule has 4 nitrogen and oxygen atoms in total. The zero-order valence-corrected chi connectivity index (χ0v) is 9.58. The molecule has 1 aromatic carbocycles. The van der Waals surface area contributed by atoms with Crippen molar-refractivity contribution in [2.45, 2.75) is 6.10 Å². The number of ether oxygens (including phenoxy) is 2. The van der Waals surface area contributed by atoms with Crippen LogP contribution in [0.3, 0.4) is 0 Å². The van der Waals surface area contributed by atoms with E-state index in [1.165, 1.54) is 0 Å². The largest absolute Gasteiger partial charge is 0.493 e. The lowest BCUT2D eigenvalue weighted by molar-refractivity contribution is 0.186. The molecule has 0 unspecified atom stereocenters. The molecule has 0 heterocycles. The lowest BCUT2D eigenvalue weighted by atomic mass is 10.1. The number of methoxy groups -OCH3 is 2. The van der Waals surface area contributed by atoms with E-state index in [2.05, 4.69) is 0 Å². The molecule has 1 aromatic rings. The van der Waals surface area contributed by atoms with Crippen LogP contribution in [0.5, 0.6) is 11.5 Å². The first kappa shape index (κ1) is 14.0. The van der Waals surface area contributed by atoms with Gasteiger partial charge in [0.25, 0.3) is 0 Å². The third-order valence-electron chi connectivity index (χ3n) is 2.02. The smallest absolute Gasteiger partial charge is 0.161 e. The van der Waals surface area contributed by atoms with Crippen LogP contribution >= 0.6 is 12.4 Å². The van der Waals surface area contributed by atoms with E-state index in [1.54, 1.807) is 32.4 Å². The average molecular weight is 234 g/mol. The molecule has 0 radical (unpaired) electrons. The van der Waals surface area contributed by atoms with Crippen molar-refractivity contribution in [3.05, 3.63) is 23.8 Å². The molecule has 0 aliphatic heterocycles. The van der Waals surface area contributed by atoms with Crippen LogP contribution < -0.4 is 15.2 Å². The molecule has 0 spiro atoms. The molecule has 0 aliphatic carbocycles. The van der Waals surface area contributed by atoms with Crippen LogP contribution in [0.2, 0.25) is 0 Å². The van der Waals surface area contributed by atoms with Crippen LogP contribution in [0.4, 0.5) is 0 Å². The highest BCUT2D eigenvalue weighted by atomic mass is 35.5. The normalized spacial score (nSPS) is 11.5. The lowest BCUT2D eigenvalue weighted by Crippen LogP contribution is -2.11. The summed E-state index contributed by atoms with van der Waals surface area (Å²) in [7, 11) is 3.12. The van der Waals surface area contributed by atoms with E-state index in [-0.39, 0.29) is 19.0 Å². The van der Waals surface area contributed by atoms with Crippen LogP contribution in [0, 0.1) is 0 Å². The molecule has 0 saturated heterocycles. The molecule has 0 aromatic heterocycles. The van der Waals surface area contributed by atoms with Gasteiger partial charge in [0.05, 0.1) is 20.3 Å². The SMILES string of the molecule is COc1ccc([C@@H](O)CN)cc1OC.Cl. The van der Waals surface area contributed by atoms with E-state index in [0.29, 0.717) is 11.5 Å². The van der Waals surface area contributed by atoms with E-state index in [4.69, 9.17) is 15.2 Å². The molecule has 0 aliphatic rings. The molecule has 0 amide bonds. The van der Waals surface area contributed by atoms with Gasteiger partial charge in [-0.15, -0.1) is 12.4 Å². The molecule has 1 atom stereocenters. The Bertz CT molecular complexity index is 307. The van der Waals surface area contributed by atoms with E-state index < -0.39 is 6.10 Å². The minimum Gasteiger partial charge on any atom is -0.493 e. The second kappa shape index (κ2) is 6.50. The molecule has 86 valence electrons. The van der Waals surface area contributed by atoms with E-state index in [1.807, 2.05) is 0 Å². The fourth-order valence-corrected chi connectivity index (χ4v) is 1.20. The Kier molecular flexibility index (Phi) is 6.08. The third kappa shape index (κ3) is 3.27. The summed E-state index contributed by atoms with van der Waals surface area (Å²) in [4.78, 5) is 0. The molecule has 15 heavy (non-hydrogen) atoms. The predicted octanol–water partition coefficient (Wildman–Crippen LogP) is 1.12. The third-order valence-corrected chi connectivity index (χ3v) is 2.02. The lowest BCUT2D eigenvalue weighted by Gasteiger charge is -2.12. The molecular weight excluding hydrogens is 218 g/mol. The standard InChI is InChI=1S/C10H15NO3.ClH/c1-13-9-4-3-7(8(12)6-11)5-10(9)14-2;/h3-5,8,12H,6,11H2,1-2H3;1H/t8-;/m0./s1. The zero-order valence-electron chi connectivity index (χ0n) is 8.77. The summed E-state index contributed by atoms with van der Waals surface area (Å²) in [5, 5.41) is 9.49. The summed E-state index contributed by atoms with van der Waals surface area (Å²) in [6, 6.07) is 5.22. The number of benzene rings is 1. The molecule has 1 rings (SSSR count). The van der Waals surface area contributed by atoms with Gasteiger partial charge in [0.2, 0.25) is 0 Å². The summed E-state index contributed by atoms with van der Waals surface area (Å²) < 4.78 is 10.2. The molecular formula is C10H16ClNO3. The Morgan fingerprint density at radius 1 is 1.27 bits per heavy atom. The van der Waals surface area contributed by atoms with Gasteiger partial charge in [-0.1, -0.05) is 6.07 Å². The second-order valence-corrected chi connectivity index (χ2v) is 2.87. The topological polar surface area (TPSA) is 64.7 Å². The zero-order chi connectivity index (χ0) is 10.6. The fraction of sp³-hybridized carbons (Fsp3) is 0.400. The number of rotatable bonds is 4. The van der Waals surface area contributed by atoms with Crippen LogP contribution in [-0.2, 0) is 0 Å². The number of aliphatic hydroxyl groups excluding tert-OH is 1. The summed E-state index contributed by atoms with van der Waals surface area (Å²) >= 11 is 0. The van der Waals surface area contributed by atoms with Gasteiger partial charge in [0.15, 0.2) is 11.5 Å². The maximum atomic E-state index is 9.49. The fourth-order valence-electron chi connectivity index (χ4n) is 1.20. The first-order valence-corrected chi connectivity index (χ1v) is 4.33. The predicted molar refractivity (Wildman–Crippen MR) is 60.8 cm³/mol. The van der Waals surface area contributed by atoms with E-state index in [0.717, 1.165) is 5.56 Å². The Morgan fingerprint density at radius 3 is 2.33 bits per heavy atom. The van der Waals surface area contributed by atoms with Gasteiger partial charge in [-0.2, -0.15) is 0 Å². The Hall–Kier alpha value is -0.970. The maximum Gasteiger partial charge on any atom is 0.161 e. The van der Waals surface area contributed by atoms with Gasteiger partial charge < -0.3 is 20.3 Å². The van der Waals surface area contributed by atoms with E-state index in [9.17, 15) is 5.11 Å². The minimum absolute atomic E-state index is 0. The quantitative estimate of drug-likeness (QED) is 0.818. The first-order valence-electron chi connectivity index (χ1n) is 4.33. The van der Waals surface area contributed by atoms with Gasteiger partial charge in [0.1, 0.15) is 0 Å². The van der Waals surface area contributed by atoms with Crippen molar-refractivity contribution in [1.29, 1.82) is 0 Å². The Morgan fingerprint density at radius 2 is 1.87 bits per heavy atom. The summed E-state index contributed by atoms with van der Waals surface area (Å²) in [6.45, 7) is 0.190. The molecule has 0 fully saturated rings. The van der Waals surface area contributed by atoms with Crippen molar-refractivity contribution in [3.8, 4) is 11.5 Å². The van der Waals surface area contributed by atoms with Crippen LogP contribution in [0.1, 0.15) is 11.7 Å². The summed E-state index contributed by atoms with van der Waals surface area (Å²) in [5.41, 5.74) is 6.07. The van der Waals surface area contributed by atoms with Gasteiger partial charge in [0, 0.05) is 6.54 Å². The number of hydrogen-bond donors (Lipinski definition) is 2. The van der Waals surface area contributed by atoms with Gasteiger partial charge >= 0.3 is 0 Å². The summed E-state index contributed by atoms with van der Waals surface area (Å²) in [5.74, 6) is 1.23. The van der Waals surface area contributed by atoms with Crippen molar-refractivity contribution in [2.75, 3.05) is 20.8 Å². The average Bonchev–Trinajstić information content (AvgIpc) is 2.26. The Balaban J connectivity index is 0.00000196. The highest BCUT2D eigenvalue weighted by Gasteiger charge is 2.09. The highest BCUT2D eigenvalue weighted by molar-refractivity contribution is 5.85. The Labute approximate surface area is 95.4 Å². The van der Waals surface area contributed by atoms with Crippen molar-refractivity contribution >= 4 is 12.4 Å². The number of nitrogens with two attached hydrogens (primary N) is 1. The second-order valence-electron chi connectivity index (χ2n) is 2.87. The number of hydrogen-bond acceptors (Lipinski definition) is 4. The van der Waals surface area contributed by atoms with Crippen LogP contribution in [0.15, 0.2) is 18.2 Å². The van der Waals surface area contributed by atoms with Crippen LogP contribution in [-0.4, -0.2) is 25.9 Å². The number of aliphatic hydroxyl groups is 1. The van der Waals surface area contributed by atoms with Gasteiger partial charge in [-0.3, -0.25) is 0 Å². The number of halogens is 1. The van der Waals surface area contributed by atoms with Crippen molar-refractivity contribution < 1.29 is 14.6 Å². The summed E-state index contributed by atoms with van der Waals surface area (Å²) in [6.07, 6.45) is -0.658. The van der Waals surface area contributed by atoms with Crippen molar-refractivity contribution in [1.82, 2.24) is 0 Å². The minimum atomic E-state index is -0.658. The maximum absolute atomic E-state index is 9.49. The molecule has 5 heteroatoms. The first-order chi connectivity index (χ1) is 6.72. The van der Waals surface area contributed by atoms with E-state index >= 15 is 0 Å². The monoisotopic (exact) mass is 233 g/mol. The van der Waals surface area contributed by atoms with Crippen molar-refractivity contribution in [2.24, 2.45) is 5.73 Å².